The van der Waals surface area contributed by atoms with E-state index in [4.69, 9.17) is 10.5 Å². The highest BCUT2D eigenvalue weighted by atomic mass is 16.5. The van der Waals surface area contributed by atoms with E-state index in [1.54, 1.807) is 7.11 Å². The zero-order valence-corrected chi connectivity index (χ0v) is 17.2. The number of aromatic nitrogens is 1. The van der Waals surface area contributed by atoms with E-state index in [1.807, 2.05) is 53.2 Å². The Morgan fingerprint density at radius 3 is 2.80 bits per heavy atom. The third kappa shape index (κ3) is 4.24. The van der Waals surface area contributed by atoms with E-state index in [9.17, 15) is 9.59 Å². The standard InChI is InChI=1S/C24H27N3O3/c1-30-20-8-4-6-17(12-20)24(29)18-7-5-11-26(13-18)14-19-15-27(16-23(25)28)22-10-3-2-9-21(19)22/h2-4,6,8-10,12,15,18H,5,7,11,13-14,16H2,1H3,(H2,25,28)/t18-/m1/s1. The Morgan fingerprint density at radius 1 is 1.17 bits per heavy atom. The van der Waals surface area contributed by atoms with Gasteiger partial charge in [-0.3, -0.25) is 14.5 Å². The molecule has 1 aliphatic heterocycles. The van der Waals surface area contributed by atoms with Gasteiger partial charge < -0.3 is 15.0 Å². The van der Waals surface area contributed by atoms with Gasteiger partial charge in [-0.05, 0) is 43.1 Å². The second-order valence-corrected chi connectivity index (χ2v) is 7.94. The van der Waals surface area contributed by atoms with Crippen LogP contribution < -0.4 is 10.5 Å². The number of nitrogens with two attached hydrogens (primary N) is 1. The molecule has 2 aromatic carbocycles. The molecule has 6 nitrogen and oxygen atoms in total. The first kappa shape index (κ1) is 20.2. The van der Waals surface area contributed by atoms with Crippen molar-refractivity contribution in [2.45, 2.75) is 25.9 Å². The number of rotatable bonds is 7. The molecule has 6 heteroatoms. The number of ether oxygens (including phenoxy) is 1. The molecule has 1 amide bonds. The summed E-state index contributed by atoms with van der Waals surface area (Å²) in [6.45, 7) is 2.59. The molecule has 0 bridgehead atoms. The number of nitrogens with zero attached hydrogens (tertiary/aromatic N) is 2. The molecule has 0 aliphatic carbocycles. The Hall–Kier alpha value is -3.12. The molecule has 156 valence electrons. The molecule has 4 rings (SSSR count). The van der Waals surface area contributed by atoms with Gasteiger partial charge in [0.15, 0.2) is 5.78 Å². The molecule has 2 heterocycles. The highest BCUT2D eigenvalue weighted by molar-refractivity contribution is 5.98. The van der Waals surface area contributed by atoms with Crippen molar-refractivity contribution < 1.29 is 14.3 Å². The molecule has 0 unspecified atom stereocenters. The maximum Gasteiger partial charge on any atom is 0.237 e. The predicted octanol–water partition coefficient (Wildman–Crippen LogP) is 3.23. The van der Waals surface area contributed by atoms with Crippen molar-refractivity contribution in [3.63, 3.8) is 0 Å². The number of hydrogen-bond donors (Lipinski definition) is 1. The van der Waals surface area contributed by atoms with Gasteiger partial charge >= 0.3 is 0 Å². The van der Waals surface area contributed by atoms with Gasteiger partial charge in [-0.2, -0.15) is 0 Å². The molecular weight excluding hydrogens is 378 g/mol. The lowest BCUT2D eigenvalue weighted by Crippen LogP contribution is -2.38. The highest BCUT2D eigenvalue weighted by Crippen LogP contribution is 2.27. The summed E-state index contributed by atoms with van der Waals surface area (Å²) in [6.07, 6.45) is 3.90. The quantitative estimate of drug-likeness (QED) is 0.612. The van der Waals surface area contributed by atoms with E-state index in [0.29, 0.717) is 11.3 Å². The monoisotopic (exact) mass is 405 g/mol. The van der Waals surface area contributed by atoms with Gasteiger partial charge in [-0.15, -0.1) is 0 Å². The fourth-order valence-corrected chi connectivity index (χ4v) is 4.41. The van der Waals surface area contributed by atoms with Crippen LogP contribution in [-0.4, -0.2) is 41.4 Å². The Labute approximate surface area is 176 Å². The summed E-state index contributed by atoms with van der Waals surface area (Å²) >= 11 is 0. The summed E-state index contributed by atoms with van der Waals surface area (Å²) in [6, 6.07) is 15.4. The molecule has 1 atom stereocenters. The van der Waals surface area contributed by atoms with Crippen LogP contribution in [0, 0.1) is 5.92 Å². The van der Waals surface area contributed by atoms with Gasteiger partial charge in [0.05, 0.1) is 7.11 Å². The average molecular weight is 405 g/mol. The molecule has 1 fully saturated rings. The van der Waals surface area contributed by atoms with Gasteiger partial charge in [0, 0.05) is 41.7 Å². The number of ketones is 1. The summed E-state index contributed by atoms with van der Waals surface area (Å²) < 4.78 is 7.18. The first-order valence-corrected chi connectivity index (χ1v) is 10.3. The number of amides is 1. The molecule has 2 N–H and O–H groups in total. The van der Waals surface area contributed by atoms with E-state index in [-0.39, 0.29) is 24.2 Å². The number of Topliss-reactive ketones (excluding diaryl/α,β-unsaturated/α-hetero) is 1. The lowest BCUT2D eigenvalue weighted by atomic mass is 9.89. The fourth-order valence-electron chi connectivity index (χ4n) is 4.41. The van der Waals surface area contributed by atoms with Crippen LogP contribution >= 0.6 is 0 Å². The smallest absolute Gasteiger partial charge is 0.237 e. The van der Waals surface area contributed by atoms with Crippen molar-refractivity contribution in [3.05, 3.63) is 65.9 Å². The van der Waals surface area contributed by atoms with Crippen LogP contribution in [0.25, 0.3) is 10.9 Å². The largest absolute Gasteiger partial charge is 0.497 e. The van der Waals surface area contributed by atoms with Crippen molar-refractivity contribution in [1.29, 1.82) is 0 Å². The van der Waals surface area contributed by atoms with Gasteiger partial charge in [0.1, 0.15) is 12.3 Å². The molecule has 1 aromatic heterocycles. The molecule has 0 radical (unpaired) electrons. The molecule has 3 aromatic rings. The maximum absolute atomic E-state index is 13.1. The second kappa shape index (κ2) is 8.71. The lowest BCUT2D eigenvalue weighted by Gasteiger charge is -2.32. The molecule has 1 saturated heterocycles. The Kier molecular flexibility index (Phi) is 5.86. The van der Waals surface area contributed by atoms with E-state index in [0.717, 1.165) is 48.9 Å². The van der Waals surface area contributed by atoms with Crippen LogP contribution in [0.1, 0.15) is 28.8 Å². The second-order valence-electron chi connectivity index (χ2n) is 7.94. The average Bonchev–Trinajstić information content (AvgIpc) is 3.10. The maximum atomic E-state index is 13.1. The van der Waals surface area contributed by atoms with Crippen LogP contribution in [-0.2, 0) is 17.9 Å². The van der Waals surface area contributed by atoms with E-state index < -0.39 is 0 Å². The number of primary amides is 1. The van der Waals surface area contributed by atoms with Gasteiger partial charge in [0.25, 0.3) is 0 Å². The first-order chi connectivity index (χ1) is 14.5. The van der Waals surface area contributed by atoms with E-state index in [1.165, 1.54) is 0 Å². The van der Waals surface area contributed by atoms with Crippen LogP contribution in [0.15, 0.2) is 54.7 Å². The summed E-state index contributed by atoms with van der Waals surface area (Å²) in [5.74, 6) is 0.500. The van der Waals surface area contributed by atoms with E-state index in [2.05, 4.69) is 11.0 Å². The molecule has 30 heavy (non-hydrogen) atoms. The van der Waals surface area contributed by atoms with Gasteiger partial charge in [0.2, 0.25) is 5.91 Å². The number of carbonyl (C=O) groups excluding carboxylic acids is 2. The van der Waals surface area contributed by atoms with Crippen LogP contribution in [0.2, 0.25) is 0 Å². The molecule has 0 spiro atoms. The van der Waals surface area contributed by atoms with Crippen molar-refractivity contribution >= 4 is 22.6 Å². The summed E-state index contributed by atoms with van der Waals surface area (Å²) in [7, 11) is 1.61. The number of fused-ring (bicyclic) bond motifs is 1. The SMILES string of the molecule is COc1cccc(C(=O)[C@@H]2CCCN(Cc3cn(CC(N)=O)c4ccccc34)C2)c1. The number of benzene rings is 2. The number of para-hydroxylation sites is 1. The normalized spacial score (nSPS) is 17.2. The van der Waals surface area contributed by atoms with Crippen LogP contribution in [0.3, 0.4) is 0 Å². The van der Waals surface area contributed by atoms with Crippen molar-refractivity contribution in [3.8, 4) is 5.75 Å². The van der Waals surface area contributed by atoms with Crippen LogP contribution in [0.4, 0.5) is 0 Å². The van der Waals surface area contributed by atoms with Gasteiger partial charge in [-0.25, -0.2) is 0 Å². The van der Waals surface area contributed by atoms with E-state index >= 15 is 0 Å². The number of piperidine rings is 1. The minimum absolute atomic E-state index is 0.0233. The summed E-state index contributed by atoms with van der Waals surface area (Å²) in [4.78, 5) is 26.9. The Balaban J connectivity index is 1.52. The summed E-state index contributed by atoms with van der Waals surface area (Å²) in [5.41, 5.74) is 8.29. The third-order valence-electron chi connectivity index (χ3n) is 5.82. The zero-order chi connectivity index (χ0) is 21.1. The van der Waals surface area contributed by atoms with Crippen molar-refractivity contribution in [2.24, 2.45) is 11.7 Å². The minimum atomic E-state index is -0.357. The Morgan fingerprint density at radius 2 is 2.00 bits per heavy atom. The minimum Gasteiger partial charge on any atom is -0.497 e. The van der Waals surface area contributed by atoms with Crippen molar-refractivity contribution in [1.82, 2.24) is 9.47 Å². The third-order valence-corrected chi connectivity index (χ3v) is 5.82. The fraction of sp³-hybridized carbons (Fsp3) is 0.333. The molecule has 0 saturated carbocycles. The van der Waals surface area contributed by atoms with Gasteiger partial charge in [-0.1, -0.05) is 30.3 Å². The molecular formula is C24H27N3O3. The summed E-state index contributed by atoms with van der Waals surface area (Å²) in [5, 5.41) is 1.12. The topological polar surface area (TPSA) is 77.6 Å². The van der Waals surface area contributed by atoms with Crippen molar-refractivity contribution in [2.75, 3.05) is 20.2 Å². The Bertz CT molecular complexity index is 1070. The number of methoxy groups -OCH3 is 1. The van der Waals surface area contributed by atoms with Crippen LogP contribution in [0.5, 0.6) is 5.75 Å². The highest BCUT2D eigenvalue weighted by Gasteiger charge is 2.27. The number of hydrogen-bond acceptors (Lipinski definition) is 4. The number of likely N-dealkylation sites (tertiary alicyclic amines) is 1. The predicted molar refractivity (Wildman–Crippen MR) is 116 cm³/mol. The molecule has 1 aliphatic rings. The lowest BCUT2D eigenvalue weighted by molar-refractivity contribution is -0.118. The zero-order valence-electron chi connectivity index (χ0n) is 17.2. The first-order valence-electron chi connectivity index (χ1n) is 10.3. The number of carbonyl (C=O) groups is 2.